The summed E-state index contributed by atoms with van der Waals surface area (Å²) < 4.78 is 51.9. The summed E-state index contributed by atoms with van der Waals surface area (Å²) in [6.45, 7) is -0.210. The Morgan fingerprint density at radius 1 is 1.37 bits per heavy atom. The highest BCUT2D eigenvalue weighted by atomic mass is 32.2. The minimum Gasteiger partial charge on any atom is -0.394 e. The van der Waals surface area contributed by atoms with Crippen LogP contribution in [0.4, 0.5) is 14.5 Å². The first kappa shape index (κ1) is 15.3. The maximum atomic E-state index is 13.5. The molecule has 9 heteroatoms. The number of amides is 1. The molecule has 1 amide bonds. The van der Waals surface area contributed by atoms with Crippen molar-refractivity contribution in [3.05, 3.63) is 23.8 Å². The van der Waals surface area contributed by atoms with E-state index in [2.05, 4.69) is 5.32 Å². The molecule has 1 aromatic rings. The number of rotatable bonds is 5. The summed E-state index contributed by atoms with van der Waals surface area (Å²) in [4.78, 5) is 10.1. The average molecular weight is 293 g/mol. The molecule has 0 bridgehead atoms. The fraction of sp³-hybridized carbons (Fsp3) is 0.300. The molecular weight excluding hydrogens is 280 g/mol. The highest BCUT2D eigenvalue weighted by Crippen LogP contribution is 2.22. The van der Waals surface area contributed by atoms with E-state index in [1.54, 1.807) is 0 Å². The van der Waals surface area contributed by atoms with Gasteiger partial charge in [0.05, 0.1) is 0 Å². The minimum atomic E-state index is -4.19. The van der Waals surface area contributed by atoms with Crippen LogP contribution in [0.5, 0.6) is 0 Å². The number of carbonyl (C=O) groups is 1. The first-order valence-corrected chi connectivity index (χ1v) is 6.71. The molecule has 0 aromatic heterocycles. The molecule has 0 fully saturated rings. The summed E-state index contributed by atoms with van der Waals surface area (Å²) in [6, 6.07) is 1.52. The molecule has 0 heterocycles. The van der Waals surface area contributed by atoms with E-state index in [1.165, 1.54) is 7.05 Å². The quantitative estimate of drug-likeness (QED) is 0.663. The predicted octanol–water partition coefficient (Wildman–Crippen LogP) is -0.0386. The molecule has 1 aromatic carbocycles. The number of sulfonamides is 1. The first-order valence-electron chi connectivity index (χ1n) is 5.23. The second-order valence-corrected chi connectivity index (χ2v) is 5.33. The third kappa shape index (κ3) is 3.61. The molecule has 0 aliphatic heterocycles. The Morgan fingerprint density at radius 3 is 2.58 bits per heavy atom. The van der Waals surface area contributed by atoms with Gasteiger partial charge in [-0.15, -0.1) is 0 Å². The van der Waals surface area contributed by atoms with Crippen LogP contribution in [-0.4, -0.2) is 27.9 Å². The van der Waals surface area contributed by atoms with Crippen molar-refractivity contribution in [3.63, 3.8) is 0 Å². The number of halogens is 2. The van der Waals surface area contributed by atoms with Gasteiger partial charge in [-0.1, -0.05) is 0 Å². The zero-order chi connectivity index (χ0) is 14.6. The Kier molecular flexibility index (Phi) is 4.78. The van der Waals surface area contributed by atoms with Gasteiger partial charge >= 0.3 is 0 Å². The molecule has 4 N–H and O–H groups in total. The van der Waals surface area contributed by atoms with Crippen LogP contribution in [0, 0.1) is 11.6 Å². The fourth-order valence-corrected chi connectivity index (χ4v) is 2.38. The summed E-state index contributed by atoms with van der Waals surface area (Å²) in [6.07, 6.45) is -0.103. The first-order chi connectivity index (χ1) is 8.79. The minimum absolute atomic E-state index is 0.103. The summed E-state index contributed by atoms with van der Waals surface area (Å²) in [5, 5.41) is 2.30. The zero-order valence-corrected chi connectivity index (χ0v) is 10.9. The monoisotopic (exact) mass is 293 g/mol. The van der Waals surface area contributed by atoms with E-state index < -0.39 is 32.2 Å². The molecule has 0 aliphatic carbocycles. The summed E-state index contributed by atoms with van der Waals surface area (Å²) in [7, 11) is -2.79. The number of anilines is 1. The van der Waals surface area contributed by atoms with Gasteiger partial charge in [-0.2, -0.15) is 0 Å². The van der Waals surface area contributed by atoms with Crippen molar-refractivity contribution in [1.29, 1.82) is 0 Å². The average Bonchev–Trinajstić information content (AvgIpc) is 2.35. The van der Waals surface area contributed by atoms with Crippen molar-refractivity contribution in [1.82, 2.24) is 10.0 Å². The van der Waals surface area contributed by atoms with Gasteiger partial charge in [0.2, 0.25) is 15.9 Å². The number of hydrogen-bond acceptors (Lipinski definition) is 4. The van der Waals surface area contributed by atoms with Gasteiger partial charge in [-0.3, -0.25) is 4.79 Å². The molecule has 0 saturated carbocycles. The van der Waals surface area contributed by atoms with Crippen LogP contribution in [0.1, 0.15) is 6.42 Å². The van der Waals surface area contributed by atoms with Crippen LogP contribution in [0.2, 0.25) is 0 Å². The fourth-order valence-electron chi connectivity index (χ4n) is 1.26. The van der Waals surface area contributed by atoms with Gasteiger partial charge in [0.15, 0.2) is 5.82 Å². The van der Waals surface area contributed by atoms with E-state index in [1.807, 2.05) is 4.72 Å². The maximum absolute atomic E-state index is 13.5. The summed E-state index contributed by atoms with van der Waals surface area (Å²) >= 11 is 0. The van der Waals surface area contributed by atoms with Crippen LogP contribution in [0.25, 0.3) is 0 Å². The standard InChI is InChI=1S/C10H13F2N3O3S/c1-14-8(16)4-5-15-19(17,18)7-3-2-6(11)10(13)9(7)12/h2-3,15H,4-5,13H2,1H3,(H,14,16). The van der Waals surface area contributed by atoms with Gasteiger partial charge in [0.1, 0.15) is 16.4 Å². The molecule has 0 radical (unpaired) electrons. The molecular formula is C10H13F2N3O3S. The number of nitrogens with two attached hydrogens (primary N) is 1. The van der Waals surface area contributed by atoms with E-state index in [9.17, 15) is 22.0 Å². The lowest BCUT2D eigenvalue weighted by Crippen LogP contribution is -2.30. The molecule has 0 atom stereocenters. The maximum Gasteiger partial charge on any atom is 0.243 e. The lowest BCUT2D eigenvalue weighted by Gasteiger charge is -2.09. The zero-order valence-electron chi connectivity index (χ0n) is 10.0. The summed E-state index contributed by atoms with van der Waals surface area (Å²) in [5.74, 6) is -2.77. The van der Waals surface area contributed by atoms with E-state index >= 15 is 0 Å². The topological polar surface area (TPSA) is 101 Å². The Balaban J connectivity index is 2.90. The van der Waals surface area contributed by atoms with E-state index in [0.717, 1.165) is 12.1 Å². The number of carbonyl (C=O) groups excluding carboxylic acids is 1. The van der Waals surface area contributed by atoms with Crippen molar-refractivity contribution in [2.24, 2.45) is 0 Å². The molecule has 106 valence electrons. The Hall–Kier alpha value is -1.74. The SMILES string of the molecule is CNC(=O)CCNS(=O)(=O)c1ccc(F)c(N)c1F. The smallest absolute Gasteiger partial charge is 0.243 e. The third-order valence-electron chi connectivity index (χ3n) is 2.30. The highest BCUT2D eigenvalue weighted by molar-refractivity contribution is 7.89. The van der Waals surface area contributed by atoms with Crippen molar-refractivity contribution in [3.8, 4) is 0 Å². The van der Waals surface area contributed by atoms with E-state index in [0.29, 0.717) is 0 Å². The van der Waals surface area contributed by atoms with Crippen molar-refractivity contribution >= 4 is 21.6 Å². The van der Waals surface area contributed by atoms with Crippen LogP contribution in [0.15, 0.2) is 17.0 Å². The Labute approximate surface area is 109 Å². The van der Waals surface area contributed by atoms with Gasteiger partial charge in [0.25, 0.3) is 0 Å². The van der Waals surface area contributed by atoms with Crippen LogP contribution in [-0.2, 0) is 14.8 Å². The molecule has 0 spiro atoms. The number of hydrogen-bond donors (Lipinski definition) is 3. The lowest BCUT2D eigenvalue weighted by molar-refractivity contribution is -0.120. The molecule has 1 rings (SSSR count). The predicted molar refractivity (Wildman–Crippen MR) is 64.6 cm³/mol. The van der Waals surface area contributed by atoms with Crippen molar-refractivity contribution in [2.45, 2.75) is 11.3 Å². The van der Waals surface area contributed by atoms with E-state index in [-0.39, 0.29) is 18.9 Å². The van der Waals surface area contributed by atoms with Crippen molar-refractivity contribution < 1.29 is 22.0 Å². The number of benzene rings is 1. The largest absolute Gasteiger partial charge is 0.394 e. The number of nitrogens with one attached hydrogen (secondary N) is 2. The third-order valence-corrected chi connectivity index (χ3v) is 3.78. The lowest BCUT2D eigenvalue weighted by atomic mass is 10.3. The Bertz CT molecular complexity index is 590. The van der Waals surface area contributed by atoms with Crippen LogP contribution in [0.3, 0.4) is 0 Å². The summed E-state index contributed by atoms with van der Waals surface area (Å²) in [5.41, 5.74) is 4.20. The molecule has 6 nitrogen and oxygen atoms in total. The van der Waals surface area contributed by atoms with Crippen LogP contribution >= 0.6 is 0 Å². The van der Waals surface area contributed by atoms with Crippen molar-refractivity contribution in [2.75, 3.05) is 19.3 Å². The molecule has 0 saturated heterocycles. The van der Waals surface area contributed by atoms with Crippen LogP contribution < -0.4 is 15.8 Å². The molecule has 0 unspecified atom stereocenters. The second-order valence-electron chi connectivity index (χ2n) is 3.59. The molecule has 19 heavy (non-hydrogen) atoms. The second kappa shape index (κ2) is 5.93. The highest BCUT2D eigenvalue weighted by Gasteiger charge is 2.22. The van der Waals surface area contributed by atoms with E-state index in [4.69, 9.17) is 5.73 Å². The Morgan fingerprint density at radius 2 is 2.00 bits per heavy atom. The molecule has 0 aliphatic rings. The van der Waals surface area contributed by atoms with Gasteiger partial charge < -0.3 is 11.1 Å². The van der Waals surface area contributed by atoms with Gasteiger partial charge in [-0.25, -0.2) is 21.9 Å². The van der Waals surface area contributed by atoms with Gasteiger partial charge in [-0.05, 0) is 12.1 Å². The normalized spacial score (nSPS) is 11.3. The number of nitrogen functional groups attached to an aromatic ring is 1. The van der Waals surface area contributed by atoms with Gasteiger partial charge in [0, 0.05) is 20.0 Å².